The van der Waals surface area contributed by atoms with Crippen LogP contribution in [0.5, 0.6) is 0 Å². The number of rotatable bonds is 8. The molecule has 1 unspecified atom stereocenters. The Hall–Kier alpha value is -2.89. The SMILES string of the molecule is C#CC.CC.CCCC(C)CONC(=O)c1cc2c(ncn2C)c(F)c1Nc1ccc(Br)cc1C. The number of imidazole rings is 1. The van der Waals surface area contributed by atoms with Crippen molar-refractivity contribution >= 4 is 44.2 Å². The van der Waals surface area contributed by atoms with E-state index in [0.29, 0.717) is 23.7 Å². The molecular formula is C27H36BrFN4O2. The summed E-state index contributed by atoms with van der Waals surface area (Å²) in [5.41, 5.74) is 4.99. The molecule has 0 radical (unpaired) electrons. The van der Waals surface area contributed by atoms with E-state index in [1.165, 1.54) is 6.33 Å². The zero-order valence-corrected chi connectivity index (χ0v) is 23.2. The predicted molar refractivity (Wildman–Crippen MR) is 146 cm³/mol. The number of aryl methyl sites for hydroxylation is 2. The highest BCUT2D eigenvalue weighted by molar-refractivity contribution is 9.10. The highest BCUT2D eigenvalue weighted by atomic mass is 79.9. The van der Waals surface area contributed by atoms with E-state index in [1.54, 1.807) is 24.6 Å². The molecule has 3 aromatic rings. The monoisotopic (exact) mass is 546 g/mol. The number of aromatic nitrogens is 2. The summed E-state index contributed by atoms with van der Waals surface area (Å²) in [5, 5.41) is 3.08. The molecule has 1 aromatic heterocycles. The number of anilines is 2. The van der Waals surface area contributed by atoms with Gasteiger partial charge in [-0.2, -0.15) is 0 Å². The average Bonchev–Trinajstić information content (AvgIpc) is 3.20. The Morgan fingerprint density at radius 2 is 2.00 bits per heavy atom. The fourth-order valence-corrected chi connectivity index (χ4v) is 3.78. The van der Waals surface area contributed by atoms with E-state index in [-0.39, 0.29) is 16.8 Å². The molecule has 0 aliphatic carbocycles. The van der Waals surface area contributed by atoms with E-state index in [0.717, 1.165) is 22.9 Å². The third kappa shape index (κ3) is 8.37. The molecule has 0 spiro atoms. The van der Waals surface area contributed by atoms with E-state index < -0.39 is 11.7 Å². The normalized spacial score (nSPS) is 10.9. The van der Waals surface area contributed by atoms with E-state index in [1.807, 2.05) is 39.0 Å². The van der Waals surface area contributed by atoms with Crippen molar-refractivity contribution in [2.45, 2.75) is 54.4 Å². The Kier molecular flexibility index (Phi) is 13.1. The topological polar surface area (TPSA) is 68.2 Å². The molecule has 2 aromatic carbocycles. The van der Waals surface area contributed by atoms with Gasteiger partial charge in [0, 0.05) is 17.2 Å². The number of carbonyl (C=O) groups is 1. The molecule has 0 aliphatic rings. The molecule has 1 heterocycles. The van der Waals surface area contributed by atoms with Crippen LogP contribution in [0.25, 0.3) is 11.0 Å². The van der Waals surface area contributed by atoms with Crippen molar-refractivity contribution in [3.05, 3.63) is 52.0 Å². The highest BCUT2D eigenvalue weighted by Crippen LogP contribution is 2.32. The van der Waals surface area contributed by atoms with E-state index in [4.69, 9.17) is 4.84 Å². The Morgan fingerprint density at radius 1 is 1.34 bits per heavy atom. The Bertz CT molecular complexity index is 1150. The fourth-order valence-electron chi connectivity index (χ4n) is 3.31. The molecule has 6 nitrogen and oxygen atoms in total. The van der Waals surface area contributed by atoms with Crippen molar-refractivity contribution in [1.29, 1.82) is 0 Å². The third-order valence-electron chi connectivity index (χ3n) is 4.97. The number of amides is 1. The molecule has 35 heavy (non-hydrogen) atoms. The second-order valence-electron chi connectivity index (χ2n) is 7.85. The van der Waals surface area contributed by atoms with Gasteiger partial charge in [0.05, 0.1) is 29.7 Å². The molecule has 0 bridgehead atoms. The maximum atomic E-state index is 15.4. The molecule has 2 N–H and O–H groups in total. The quantitative estimate of drug-likeness (QED) is 0.230. The molecule has 0 saturated heterocycles. The number of terminal acetylenes is 1. The first kappa shape index (κ1) is 30.1. The summed E-state index contributed by atoms with van der Waals surface area (Å²) in [6.07, 6.45) is 8.16. The van der Waals surface area contributed by atoms with E-state index in [2.05, 4.69) is 57.9 Å². The van der Waals surface area contributed by atoms with Crippen molar-refractivity contribution in [3.63, 3.8) is 0 Å². The summed E-state index contributed by atoms with van der Waals surface area (Å²) in [7, 11) is 1.76. The van der Waals surface area contributed by atoms with E-state index in [9.17, 15) is 4.79 Å². The van der Waals surface area contributed by atoms with Crippen LogP contribution in [0.15, 0.2) is 35.1 Å². The summed E-state index contributed by atoms with van der Waals surface area (Å²) in [4.78, 5) is 22.4. The van der Waals surface area contributed by atoms with Crippen molar-refractivity contribution in [2.75, 3.05) is 11.9 Å². The molecule has 0 aliphatic heterocycles. The van der Waals surface area contributed by atoms with Gasteiger partial charge in [0.1, 0.15) is 5.52 Å². The summed E-state index contributed by atoms with van der Waals surface area (Å²) < 4.78 is 18.0. The summed E-state index contributed by atoms with van der Waals surface area (Å²) in [6.45, 7) is 12.1. The number of fused-ring (bicyclic) bond motifs is 1. The molecule has 3 rings (SSSR count). The first-order chi connectivity index (χ1) is 16.7. The Labute approximate surface area is 216 Å². The summed E-state index contributed by atoms with van der Waals surface area (Å²) in [5.74, 6) is 1.47. The summed E-state index contributed by atoms with van der Waals surface area (Å²) >= 11 is 3.43. The minimum atomic E-state index is -0.583. The average molecular weight is 548 g/mol. The second kappa shape index (κ2) is 15.2. The highest BCUT2D eigenvalue weighted by Gasteiger charge is 2.22. The number of halogens is 2. The third-order valence-corrected chi connectivity index (χ3v) is 5.46. The molecular weight excluding hydrogens is 511 g/mol. The fraction of sp³-hybridized carbons (Fsp3) is 0.407. The Balaban J connectivity index is 0.00000114. The number of hydrogen-bond acceptors (Lipinski definition) is 4. The van der Waals surface area contributed by atoms with Crippen LogP contribution >= 0.6 is 15.9 Å². The lowest BCUT2D eigenvalue weighted by molar-refractivity contribution is 0.0175. The number of nitrogens with zero attached hydrogens (tertiary/aromatic N) is 2. The maximum absolute atomic E-state index is 15.4. The molecule has 1 atom stereocenters. The van der Waals surface area contributed by atoms with Crippen LogP contribution in [-0.4, -0.2) is 22.1 Å². The van der Waals surface area contributed by atoms with Gasteiger partial charge in [0.25, 0.3) is 5.91 Å². The number of nitrogens with one attached hydrogen (secondary N) is 2. The standard InChI is InChI=1S/C22H26BrFN4O2.C3H4.C2H6/c1-5-6-13(2)11-30-27-22(29)16-10-18-21(25-12-28(18)4)19(24)20(16)26-17-8-7-15(23)9-14(17)3;1-3-2;1-2/h7-10,12-13,26H,5-6,11H2,1-4H3,(H,27,29);1H,2H3;1-2H3. The van der Waals surface area contributed by atoms with Gasteiger partial charge in [-0.3, -0.25) is 9.63 Å². The van der Waals surface area contributed by atoms with Crippen molar-refractivity contribution in [1.82, 2.24) is 15.0 Å². The van der Waals surface area contributed by atoms with Crippen molar-refractivity contribution in [2.24, 2.45) is 13.0 Å². The van der Waals surface area contributed by atoms with Gasteiger partial charge in [-0.05, 0) is 56.0 Å². The van der Waals surface area contributed by atoms with Gasteiger partial charge >= 0.3 is 0 Å². The largest absolute Gasteiger partial charge is 0.352 e. The van der Waals surface area contributed by atoms with Gasteiger partial charge < -0.3 is 9.88 Å². The number of hydrogen-bond donors (Lipinski definition) is 2. The maximum Gasteiger partial charge on any atom is 0.277 e. The molecule has 0 fully saturated rings. The molecule has 0 saturated carbocycles. The van der Waals surface area contributed by atoms with Crippen LogP contribution in [0, 0.1) is 31.0 Å². The molecule has 8 heteroatoms. The van der Waals surface area contributed by atoms with Crippen LogP contribution < -0.4 is 10.8 Å². The van der Waals surface area contributed by atoms with Gasteiger partial charge in [-0.1, -0.05) is 50.0 Å². The van der Waals surface area contributed by atoms with Crippen LogP contribution in [0.1, 0.15) is 63.4 Å². The first-order valence-corrected chi connectivity index (χ1v) is 12.5. The number of benzene rings is 2. The van der Waals surface area contributed by atoms with Crippen LogP contribution in [0.4, 0.5) is 15.8 Å². The zero-order chi connectivity index (χ0) is 26.5. The number of hydroxylamine groups is 1. The second-order valence-corrected chi connectivity index (χ2v) is 8.76. The lowest BCUT2D eigenvalue weighted by Crippen LogP contribution is -2.27. The first-order valence-electron chi connectivity index (χ1n) is 11.7. The zero-order valence-electron chi connectivity index (χ0n) is 21.6. The van der Waals surface area contributed by atoms with Gasteiger partial charge in [0.15, 0.2) is 5.82 Å². The van der Waals surface area contributed by atoms with Crippen LogP contribution in [0.3, 0.4) is 0 Å². The predicted octanol–water partition coefficient (Wildman–Crippen LogP) is 7.29. The minimum absolute atomic E-state index is 0.0642. The number of carbonyl (C=O) groups excluding carboxylic acids is 1. The lowest BCUT2D eigenvalue weighted by atomic mass is 10.1. The minimum Gasteiger partial charge on any atom is -0.352 e. The van der Waals surface area contributed by atoms with Crippen LogP contribution in [0.2, 0.25) is 0 Å². The van der Waals surface area contributed by atoms with Crippen molar-refractivity contribution in [3.8, 4) is 12.3 Å². The van der Waals surface area contributed by atoms with Crippen molar-refractivity contribution < 1.29 is 14.0 Å². The van der Waals surface area contributed by atoms with E-state index >= 15 is 4.39 Å². The van der Waals surface area contributed by atoms with Gasteiger partial charge in [-0.15, -0.1) is 12.3 Å². The summed E-state index contributed by atoms with van der Waals surface area (Å²) in [6, 6.07) is 7.21. The Morgan fingerprint density at radius 3 is 2.60 bits per heavy atom. The van der Waals surface area contributed by atoms with Gasteiger partial charge in [-0.25, -0.2) is 14.9 Å². The smallest absolute Gasteiger partial charge is 0.277 e. The van der Waals surface area contributed by atoms with Crippen LogP contribution in [-0.2, 0) is 11.9 Å². The van der Waals surface area contributed by atoms with Gasteiger partial charge in [0.2, 0.25) is 0 Å². The molecule has 190 valence electrons. The lowest BCUT2D eigenvalue weighted by Gasteiger charge is -2.16. The molecule has 1 amide bonds.